The number of halogens is 1. The van der Waals surface area contributed by atoms with E-state index in [1.807, 2.05) is 0 Å². The van der Waals surface area contributed by atoms with E-state index in [4.69, 9.17) is 31.3 Å². The molecule has 0 radical (unpaired) electrons. The van der Waals surface area contributed by atoms with E-state index in [0.29, 0.717) is 22.8 Å². The standard InChI is InChI=1S/C12H15ClO5/c1-17-10-4-3-8(7-9(10)13)11(12(15)16)18-6-2-5-14/h3-4,7,11,14H,2,5-6H2,1H3,(H,15,16). The molecular formula is C12H15ClO5. The van der Waals surface area contributed by atoms with Gasteiger partial charge in [-0.1, -0.05) is 17.7 Å². The Balaban J connectivity index is 2.85. The number of aliphatic carboxylic acids is 1. The van der Waals surface area contributed by atoms with Gasteiger partial charge in [-0.2, -0.15) is 0 Å². The second-order valence-corrected chi connectivity index (χ2v) is 3.97. The highest BCUT2D eigenvalue weighted by atomic mass is 35.5. The Morgan fingerprint density at radius 3 is 2.72 bits per heavy atom. The van der Waals surface area contributed by atoms with Gasteiger partial charge >= 0.3 is 5.97 Å². The molecule has 0 bridgehead atoms. The lowest BCUT2D eigenvalue weighted by atomic mass is 10.1. The maximum atomic E-state index is 11.1. The van der Waals surface area contributed by atoms with E-state index in [0.717, 1.165) is 0 Å². The average molecular weight is 275 g/mol. The van der Waals surface area contributed by atoms with E-state index in [1.165, 1.54) is 13.2 Å². The van der Waals surface area contributed by atoms with Gasteiger partial charge in [-0.15, -0.1) is 0 Å². The highest BCUT2D eigenvalue weighted by Crippen LogP contribution is 2.29. The molecule has 0 saturated heterocycles. The predicted octanol–water partition coefficient (Wildman–Crippen LogP) is 1.87. The summed E-state index contributed by atoms with van der Waals surface area (Å²) < 4.78 is 10.2. The molecule has 0 fully saturated rings. The van der Waals surface area contributed by atoms with Crippen LogP contribution in [0, 0.1) is 0 Å². The molecule has 0 aliphatic carbocycles. The summed E-state index contributed by atoms with van der Waals surface area (Å²) in [6.45, 7) is 0.118. The first-order valence-electron chi connectivity index (χ1n) is 5.39. The zero-order valence-electron chi connectivity index (χ0n) is 9.93. The van der Waals surface area contributed by atoms with Gasteiger partial charge in [0.2, 0.25) is 0 Å². The van der Waals surface area contributed by atoms with Gasteiger partial charge in [-0.25, -0.2) is 4.79 Å². The monoisotopic (exact) mass is 274 g/mol. The maximum Gasteiger partial charge on any atom is 0.337 e. The van der Waals surface area contributed by atoms with E-state index < -0.39 is 12.1 Å². The molecule has 18 heavy (non-hydrogen) atoms. The van der Waals surface area contributed by atoms with Gasteiger partial charge in [0.05, 0.1) is 18.7 Å². The third-order valence-corrected chi connectivity index (χ3v) is 2.59. The number of carbonyl (C=O) groups is 1. The normalized spacial score (nSPS) is 12.2. The average Bonchev–Trinajstić information content (AvgIpc) is 2.34. The Labute approximate surface area is 110 Å². The van der Waals surface area contributed by atoms with Crippen molar-refractivity contribution in [2.75, 3.05) is 20.3 Å². The number of aliphatic hydroxyl groups excluding tert-OH is 1. The van der Waals surface area contributed by atoms with Crippen molar-refractivity contribution in [3.63, 3.8) is 0 Å². The van der Waals surface area contributed by atoms with Crippen molar-refractivity contribution in [3.8, 4) is 5.75 Å². The number of ether oxygens (including phenoxy) is 2. The van der Waals surface area contributed by atoms with Gasteiger partial charge in [0.15, 0.2) is 6.10 Å². The van der Waals surface area contributed by atoms with Crippen molar-refractivity contribution in [2.24, 2.45) is 0 Å². The van der Waals surface area contributed by atoms with Crippen molar-refractivity contribution in [2.45, 2.75) is 12.5 Å². The molecule has 0 spiro atoms. The van der Waals surface area contributed by atoms with Gasteiger partial charge in [0, 0.05) is 6.61 Å². The molecule has 5 nitrogen and oxygen atoms in total. The van der Waals surface area contributed by atoms with Crippen LogP contribution < -0.4 is 4.74 Å². The molecule has 2 N–H and O–H groups in total. The molecule has 0 aliphatic heterocycles. The number of benzene rings is 1. The third kappa shape index (κ3) is 3.87. The quantitative estimate of drug-likeness (QED) is 0.743. The second-order valence-electron chi connectivity index (χ2n) is 3.56. The van der Waals surface area contributed by atoms with Crippen LogP contribution in [0.3, 0.4) is 0 Å². The number of methoxy groups -OCH3 is 1. The van der Waals surface area contributed by atoms with Crippen LogP contribution in [0.15, 0.2) is 18.2 Å². The molecule has 0 amide bonds. The topological polar surface area (TPSA) is 76.0 Å². The van der Waals surface area contributed by atoms with E-state index in [9.17, 15) is 4.79 Å². The minimum Gasteiger partial charge on any atom is -0.495 e. The van der Waals surface area contributed by atoms with Gasteiger partial charge in [-0.3, -0.25) is 0 Å². The minimum absolute atomic E-state index is 0.0459. The first-order valence-corrected chi connectivity index (χ1v) is 5.76. The third-order valence-electron chi connectivity index (χ3n) is 2.29. The summed E-state index contributed by atoms with van der Waals surface area (Å²) in [5.41, 5.74) is 0.436. The van der Waals surface area contributed by atoms with Crippen LogP contribution in [0.1, 0.15) is 18.1 Å². The Bertz CT molecular complexity index is 407. The fourth-order valence-electron chi connectivity index (χ4n) is 1.42. The molecule has 0 heterocycles. The summed E-state index contributed by atoms with van der Waals surface area (Å²) in [6, 6.07) is 4.67. The van der Waals surface area contributed by atoms with Crippen LogP contribution in [-0.4, -0.2) is 36.5 Å². The number of carboxylic acids is 1. The van der Waals surface area contributed by atoms with Crippen molar-refractivity contribution in [1.82, 2.24) is 0 Å². The molecule has 1 aromatic rings. The van der Waals surface area contributed by atoms with Crippen LogP contribution in [0.4, 0.5) is 0 Å². The van der Waals surface area contributed by atoms with Crippen LogP contribution in [0.2, 0.25) is 5.02 Å². The van der Waals surface area contributed by atoms with Crippen LogP contribution in [0.25, 0.3) is 0 Å². The first kappa shape index (κ1) is 14.8. The van der Waals surface area contributed by atoms with E-state index in [2.05, 4.69) is 0 Å². The molecule has 0 saturated carbocycles. The Morgan fingerprint density at radius 2 is 2.22 bits per heavy atom. The number of hydrogen-bond acceptors (Lipinski definition) is 4. The number of carboxylic acid groups (broad SMARTS) is 1. The summed E-state index contributed by atoms with van der Waals surface area (Å²) in [4.78, 5) is 11.1. The van der Waals surface area contributed by atoms with Crippen molar-refractivity contribution in [3.05, 3.63) is 28.8 Å². The predicted molar refractivity (Wildman–Crippen MR) is 66.0 cm³/mol. The Hall–Kier alpha value is -1.30. The largest absolute Gasteiger partial charge is 0.495 e. The van der Waals surface area contributed by atoms with Crippen molar-refractivity contribution >= 4 is 17.6 Å². The van der Waals surface area contributed by atoms with Crippen molar-refractivity contribution < 1.29 is 24.5 Å². The number of rotatable bonds is 7. The fraction of sp³-hybridized carbons (Fsp3) is 0.417. The molecular weight excluding hydrogens is 260 g/mol. The lowest BCUT2D eigenvalue weighted by molar-refractivity contribution is -0.151. The zero-order valence-corrected chi connectivity index (χ0v) is 10.7. The maximum absolute atomic E-state index is 11.1. The zero-order chi connectivity index (χ0) is 13.5. The summed E-state index contributed by atoms with van der Waals surface area (Å²) in [5.74, 6) is -0.630. The molecule has 1 rings (SSSR count). The fourth-order valence-corrected chi connectivity index (χ4v) is 1.69. The highest BCUT2D eigenvalue weighted by Gasteiger charge is 2.21. The van der Waals surface area contributed by atoms with Gasteiger partial charge < -0.3 is 19.7 Å². The smallest absolute Gasteiger partial charge is 0.337 e. The van der Waals surface area contributed by atoms with E-state index in [-0.39, 0.29) is 13.2 Å². The van der Waals surface area contributed by atoms with Crippen LogP contribution >= 0.6 is 11.6 Å². The molecule has 6 heteroatoms. The number of aliphatic hydroxyl groups is 1. The number of hydrogen-bond donors (Lipinski definition) is 2. The highest BCUT2D eigenvalue weighted by molar-refractivity contribution is 6.32. The lowest BCUT2D eigenvalue weighted by Gasteiger charge is -2.14. The summed E-state index contributed by atoms with van der Waals surface area (Å²) in [6.07, 6.45) is -0.715. The first-order chi connectivity index (χ1) is 8.60. The van der Waals surface area contributed by atoms with Crippen LogP contribution in [0.5, 0.6) is 5.75 Å². The molecule has 0 aliphatic rings. The van der Waals surface area contributed by atoms with Gasteiger partial charge in [0.1, 0.15) is 5.75 Å². The minimum atomic E-state index is -1.10. The molecule has 100 valence electrons. The Kier molecular flexibility index (Phi) is 5.91. The van der Waals surface area contributed by atoms with E-state index >= 15 is 0 Å². The second kappa shape index (κ2) is 7.20. The Morgan fingerprint density at radius 1 is 1.50 bits per heavy atom. The van der Waals surface area contributed by atoms with Crippen molar-refractivity contribution in [1.29, 1.82) is 0 Å². The summed E-state index contributed by atoms with van der Waals surface area (Å²) in [7, 11) is 1.48. The van der Waals surface area contributed by atoms with E-state index in [1.54, 1.807) is 12.1 Å². The SMILES string of the molecule is COc1ccc(C(OCCCO)C(=O)O)cc1Cl. The summed E-state index contributed by atoms with van der Waals surface area (Å²) in [5, 5.41) is 18.0. The van der Waals surface area contributed by atoms with Gasteiger partial charge in [-0.05, 0) is 24.1 Å². The molecule has 0 aromatic heterocycles. The van der Waals surface area contributed by atoms with Crippen LogP contribution in [-0.2, 0) is 9.53 Å². The molecule has 1 aromatic carbocycles. The molecule has 1 unspecified atom stereocenters. The summed E-state index contributed by atoms with van der Waals surface area (Å²) >= 11 is 5.93. The molecule has 1 atom stereocenters. The van der Waals surface area contributed by atoms with Gasteiger partial charge in [0.25, 0.3) is 0 Å². The lowest BCUT2D eigenvalue weighted by Crippen LogP contribution is -2.16.